The number of aromatic nitrogens is 1. The zero-order chi connectivity index (χ0) is 15.8. The molecule has 0 aliphatic carbocycles. The molecule has 1 aromatic heterocycles. The Balaban J connectivity index is 1.84. The fourth-order valence-electron chi connectivity index (χ4n) is 1.96. The van der Waals surface area contributed by atoms with Gasteiger partial charge in [-0.2, -0.15) is 0 Å². The Labute approximate surface area is 139 Å². The second-order valence-corrected chi connectivity index (χ2v) is 5.98. The average molecular weight is 362 g/mol. The number of amides is 1. The zero-order valence-electron chi connectivity index (χ0n) is 12.6. The van der Waals surface area contributed by atoms with Gasteiger partial charge in [0.25, 0.3) is 0 Å². The topological polar surface area (TPSA) is 54.0 Å². The van der Waals surface area contributed by atoms with Gasteiger partial charge in [0.1, 0.15) is 5.82 Å². The summed E-state index contributed by atoms with van der Waals surface area (Å²) in [5.74, 6) is 0.787. The molecule has 0 bridgehead atoms. The standard InChI is InChI=1S/C17H20BrN3O/c1-2-3-10-19-16-9-8-15(12-20-16)21-17(22)11-13-4-6-14(18)7-5-13/h4-9,12H,2-3,10-11H2,1H3,(H,19,20)(H,21,22). The molecule has 2 aromatic rings. The number of hydrogen-bond donors (Lipinski definition) is 2. The number of nitrogens with one attached hydrogen (secondary N) is 2. The van der Waals surface area contributed by atoms with Crippen LogP contribution in [0.4, 0.5) is 11.5 Å². The number of nitrogens with zero attached hydrogens (tertiary/aromatic N) is 1. The molecule has 0 saturated heterocycles. The summed E-state index contributed by atoms with van der Waals surface area (Å²) in [6, 6.07) is 11.5. The second kappa shape index (κ2) is 8.54. The third kappa shape index (κ3) is 5.48. The zero-order valence-corrected chi connectivity index (χ0v) is 14.2. The molecule has 116 valence electrons. The Kier molecular flexibility index (Phi) is 6.40. The Bertz CT molecular complexity index is 596. The predicted molar refractivity (Wildman–Crippen MR) is 94.1 cm³/mol. The Morgan fingerprint density at radius 3 is 2.59 bits per heavy atom. The first-order valence-corrected chi connectivity index (χ1v) is 8.21. The minimum atomic E-state index is -0.0455. The quantitative estimate of drug-likeness (QED) is 0.725. The highest BCUT2D eigenvalue weighted by atomic mass is 79.9. The van der Waals surface area contributed by atoms with Gasteiger partial charge in [0.05, 0.1) is 18.3 Å². The molecule has 0 spiro atoms. The SMILES string of the molecule is CCCCNc1ccc(NC(=O)Cc2ccc(Br)cc2)cn1. The Morgan fingerprint density at radius 2 is 1.95 bits per heavy atom. The van der Waals surface area contributed by atoms with Gasteiger partial charge in [0, 0.05) is 11.0 Å². The van der Waals surface area contributed by atoms with Crippen molar-refractivity contribution in [3.63, 3.8) is 0 Å². The largest absolute Gasteiger partial charge is 0.370 e. The van der Waals surface area contributed by atoms with Crippen LogP contribution in [0.3, 0.4) is 0 Å². The Hall–Kier alpha value is -1.88. The summed E-state index contributed by atoms with van der Waals surface area (Å²) in [7, 11) is 0. The van der Waals surface area contributed by atoms with Gasteiger partial charge >= 0.3 is 0 Å². The van der Waals surface area contributed by atoms with Crippen LogP contribution in [0.15, 0.2) is 47.1 Å². The lowest BCUT2D eigenvalue weighted by molar-refractivity contribution is -0.115. The lowest BCUT2D eigenvalue weighted by Crippen LogP contribution is -2.14. The van der Waals surface area contributed by atoms with Gasteiger partial charge in [0.15, 0.2) is 0 Å². The summed E-state index contributed by atoms with van der Waals surface area (Å²) in [6.45, 7) is 3.07. The van der Waals surface area contributed by atoms with Gasteiger partial charge in [-0.15, -0.1) is 0 Å². The van der Waals surface area contributed by atoms with E-state index in [0.29, 0.717) is 12.1 Å². The first-order chi connectivity index (χ1) is 10.7. The minimum absolute atomic E-state index is 0.0455. The molecule has 0 aliphatic rings. The number of pyridine rings is 1. The van der Waals surface area contributed by atoms with Crippen molar-refractivity contribution in [2.24, 2.45) is 0 Å². The molecule has 0 radical (unpaired) electrons. The summed E-state index contributed by atoms with van der Waals surface area (Å²) in [5, 5.41) is 6.10. The smallest absolute Gasteiger partial charge is 0.228 e. The molecule has 1 heterocycles. The number of benzene rings is 1. The van der Waals surface area contributed by atoms with Crippen LogP contribution < -0.4 is 10.6 Å². The van der Waals surface area contributed by atoms with Crippen LogP contribution in [0.5, 0.6) is 0 Å². The van der Waals surface area contributed by atoms with E-state index in [0.717, 1.165) is 35.2 Å². The number of hydrogen-bond acceptors (Lipinski definition) is 3. The molecular weight excluding hydrogens is 342 g/mol. The number of carbonyl (C=O) groups excluding carboxylic acids is 1. The van der Waals surface area contributed by atoms with Gasteiger partial charge in [0.2, 0.25) is 5.91 Å². The molecule has 0 aliphatic heterocycles. The lowest BCUT2D eigenvalue weighted by Gasteiger charge is -2.07. The molecule has 2 N–H and O–H groups in total. The molecule has 1 aromatic carbocycles. The maximum atomic E-state index is 12.0. The fraction of sp³-hybridized carbons (Fsp3) is 0.294. The van der Waals surface area contributed by atoms with E-state index in [2.05, 4.69) is 38.5 Å². The van der Waals surface area contributed by atoms with Gasteiger partial charge in [-0.1, -0.05) is 41.4 Å². The van der Waals surface area contributed by atoms with E-state index in [1.54, 1.807) is 6.20 Å². The van der Waals surface area contributed by atoms with Crippen LogP contribution in [-0.2, 0) is 11.2 Å². The summed E-state index contributed by atoms with van der Waals surface area (Å²) in [6.07, 6.45) is 4.29. The van der Waals surface area contributed by atoms with Crippen LogP contribution in [0, 0.1) is 0 Å². The van der Waals surface area contributed by atoms with E-state index in [1.807, 2.05) is 36.4 Å². The first-order valence-electron chi connectivity index (χ1n) is 7.41. The first kappa shape index (κ1) is 16.5. The van der Waals surface area contributed by atoms with Crippen LogP contribution in [0.1, 0.15) is 25.3 Å². The van der Waals surface area contributed by atoms with E-state index in [4.69, 9.17) is 0 Å². The highest BCUT2D eigenvalue weighted by molar-refractivity contribution is 9.10. The predicted octanol–water partition coefficient (Wildman–Crippen LogP) is 4.24. The van der Waals surface area contributed by atoms with Crippen molar-refractivity contribution in [3.8, 4) is 0 Å². The molecule has 0 atom stereocenters. The molecule has 5 heteroatoms. The van der Waals surface area contributed by atoms with E-state index < -0.39 is 0 Å². The average Bonchev–Trinajstić information content (AvgIpc) is 2.51. The Morgan fingerprint density at radius 1 is 1.18 bits per heavy atom. The number of unbranched alkanes of at least 4 members (excludes halogenated alkanes) is 1. The monoisotopic (exact) mass is 361 g/mol. The molecule has 22 heavy (non-hydrogen) atoms. The summed E-state index contributed by atoms with van der Waals surface area (Å²) in [5.41, 5.74) is 1.69. The van der Waals surface area contributed by atoms with E-state index in [9.17, 15) is 4.79 Å². The number of halogens is 1. The van der Waals surface area contributed by atoms with Crippen molar-refractivity contribution in [1.29, 1.82) is 0 Å². The van der Waals surface area contributed by atoms with Crippen molar-refractivity contribution >= 4 is 33.3 Å². The summed E-state index contributed by atoms with van der Waals surface area (Å²) < 4.78 is 1.01. The van der Waals surface area contributed by atoms with Crippen LogP contribution >= 0.6 is 15.9 Å². The number of carbonyl (C=O) groups is 1. The van der Waals surface area contributed by atoms with Gasteiger partial charge < -0.3 is 10.6 Å². The highest BCUT2D eigenvalue weighted by Gasteiger charge is 2.04. The third-order valence-electron chi connectivity index (χ3n) is 3.16. The van der Waals surface area contributed by atoms with Crippen molar-refractivity contribution in [1.82, 2.24) is 4.98 Å². The maximum Gasteiger partial charge on any atom is 0.228 e. The van der Waals surface area contributed by atoms with Crippen molar-refractivity contribution in [2.75, 3.05) is 17.2 Å². The normalized spacial score (nSPS) is 10.3. The van der Waals surface area contributed by atoms with Gasteiger partial charge in [-0.25, -0.2) is 4.98 Å². The highest BCUT2D eigenvalue weighted by Crippen LogP contribution is 2.13. The van der Waals surface area contributed by atoms with Crippen molar-refractivity contribution in [2.45, 2.75) is 26.2 Å². The fourth-order valence-corrected chi connectivity index (χ4v) is 2.22. The van der Waals surface area contributed by atoms with Gasteiger partial charge in [-0.3, -0.25) is 4.79 Å². The molecule has 2 rings (SSSR count). The van der Waals surface area contributed by atoms with E-state index >= 15 is 0 Å². The van der Waals surface area contributed by atoms with Crippen LogP contribution in [0.2, 0.25) is 0 Å². The third-order valence-corrected chi connectivity index (χ3v) is 3.69. The van der Waals surface area contributed by atoms with Crippen LogP contribution in [-0.4, -0.2) is 17.4 Å². The molecule has 0 unspecified atom stereocenters. The second-order valence-electron chi connectivity index (χ2n) is 5.06. The van der Waals surface area contributed by atoms with Crippen molar-refractivity contribution < 1.29 is 4.79 Å². The number of anilines is 2. The molecular formula is C17H20BrN3O. The van der Waals surface area contributed by atoms with E-state index in [1.165, 1.54) is 0 Å². The lowest BCUT2D eigenvalue weighted by atomic mass is 10.1. The maximum absolute atomic E-state index is 12.0. The van der Waals surface area contributed by atoms with Gasteiger partial charge in [-0.05, 0) is 36.2 Å². The molecule has 1 amide bonds. The molecule has 0 saturated carbocycles. The summed E-state index contributed by atoms with van der Waals surface area (Å²) >= 11 is 3.38. The van der Waals surface area contributed by atoms with E-state index in [-0.39, 0.29) is 5.91 Å². The van der Waals surface area contributed by atoms with Crippen LogP contribution in [0.25, 0.3) is 0 Å². The minimum Gasteiger partial charge on any atom is -0.370 e. The summed E-state index contributed by atoms with van der Waals surface area (Å²) in [4.78, 5) is 16.3. The molecule has 0 fully saturated rings. The van der Waals surface area contributed by atoms with Crippen molar-refractivity contribution in [3.05, 3.63) is 52.6 Å². The number of rotatable bonds is 7. The molecule has 4 nitrogen and oxygen atoms in total.